The van der Waals surface area contributed by atoms with Crippen LogP contribution < -0.4 is 5.32 Å². The maximum absolute atomic E-state index is 4.65. The zero-order chi connectivity index (χ0) is 12.4. The van der Waals surface area contributed by atoms with Gasteiger partial charge < -0.3 is 5.32 Å². The van der Waals surface area contributed by atoms with Crippen LogP contribution in [0, 0.1) is 12.8 Å². The lowest BCUT2D eigenvalue weighted by molar-refractivity contribution is 0.518. The molecule has 0 spiro atoms. The number of nitrogens with one attached hydrogen (secondary N) is 1. The number of aryl methyl sites for hydroxylation is 1. The Morgan fingerprint density at radius 2 is 2.17 bits per heavy atom. The van der Waals surface area contributed by atoms with Crippen LogP contribution in [-0.2, 0) is 0 Å². The summed E-state index contributed by atoms with van der Waals surface area (Å²) >= 11 is 1.77. The minimum atomic E-state index is 0.953. The first kappa shape index (κ1) is 12.0. The number of hydrogen-bond donors (Lipinski definition) is 1. The molecule has 0 saturated heterocycles. The van der Waals surface area contributed by atoms with Crippen molar-refractivity contribution in [3.8, 4) is 0 Å². The van der Waals surface area contributed by atoms with Crippen LogP contribution >= 0.6 is 11.3 Å². The standard InChI is InChI=1S/C15H20N2S/c1-11-6-7-14-13(10-11)17-15(18-14)16-9-8-12-4-2-3-5-12/h6-7,10,12H,2-5,8-9H2,1H3,(H,16,17). The highest BCUT2D eigenvalue weighted by atomic mass is 32.1. The first-order valence-corrected chi connectivity index (χ1v) is 7.74. The average Bonchev–Trinajstić information content (AvgIpc) is 2.97. The molecule has 0 unspecified atom stereocenters. The molecule has 2 aromatic rings. The van der Waals surface area contributed by atoms with Crippen LogP contribution in [0.2, 0.25) is 0 Å². The Bertz CT molecular complexity index is 526. The summed E-state index contributed by atoms with van der Waals surface area (Å²) in [5.74, 6) is 0.953. The van der Waals surface area contributed by atoms with Crippen molar-refractivity contribution in [2.24, 2.45) is 5.92 Å². The van der Waals surface area contributed by atoms with Gasteiger partial charge in [-0.2, -0.15) is 0 Å². The molecule has 0 radical (unpaired) electrons. The summed E-state index contributed by atoms with van der Waals surface area (Å²) in [7, 11) is 0. The first-order chi connectivity index (χ1) is 8.81. The lowest BCUT2D eigenvalue weighted by Gasteiger charge is -2.08. The second kappa shape index (κ2) is 5.27. The zero-order valence-corrected chi connectivity index (χ0v) is 11.7. The van der Waals surface area contributed by atoms with Gasteiger partial charge in [-0.3, -0.25) is 0 Å². The van der Waals surface area contributed by atoms with Gasteiger partial charge in [0, 0.05) is 6.54 Å². The minimum absolute atomic E-state index is 0.953. The molecule has 1 aliphatic rings. The number of thiazole rings is 1. The van der Waals surface area contributed by atoms with Crippen molar-refractivity contribution in [3.63, 3.8) is 0 Å². The SMILES string of the molecule is Cc1ccc2sc(NCCC3CCCC3)nc2c1. The molecule has 2 nitrogen and oxygen atoms in total. The quantitative estimate of drug-likeness (QED) is 0.869. The van der Waals surface area contributed by atoms with Crippen LogP contribution in [0.25, 0.3) is 10.2 Å². The highest BCUT2D eigenvalue weighted by Crippen LogP contribution is 2.29. The van der Waals surface area contributed by atoms with Gasteiger partial charge in [0.25, 0.3) is 0 Å². The Morgan fingerprint density at radius 3 is 3.00 bits per heavy atom. The second-order valence-electron chi connectivity index (χ2n) is 5.36. The fourth-order valence-electron chi connectivity index (χ4n) is 2.80. The molecular formula is C15H20N2S. The summed E-state index contributed by atoms with van der Waals surface area (Å²) in [6.07, 6.45) is 7.03. The molecule has 1 aromatic heterocycles. The number of hydrogen-bond acceptors (Lipinski definition) is 3. The summed E-state index contributed by atoms with van der Waals surface area (Å²) in [5, 5.41) is 4.57. The van der Waals surface area contributed by atoms with Gasteiger partial charge >= 0.3 is 0 Å². The summed E-state index contributed by atoms with van der Waals surface area (Å²) in [6, 6.07) is 6.49. The molecule has 0 aliphatic heterocycles. The summed E-state index contributed by atoms with van der Waals surface area (Å²) in [5.41, 5.74) is 2.41. The fourth-order valence-corrected chi connectivity index (χ4v) is 3.67. The Labute approximate surface area is 112 Å². The normalized spacial score (nSPS) is 16.5. The van der Waals surface area contributed by atoms with Crippen molar-refractivity contribution in [1.82, 2.24) is 4.98 Å². The number of fused-ring (bicyclic) bond motifs is 1. The molecule has 0 bridgehead atoms. The van der Waals surface area contributed by atoms with Gasteiger partial charge in [-0.05, 0) is 37.0 Å². The molecule has 1 aliphatic carbocycles. The van der Waals surface area contributed by atoms with Crippen LogP contribution in [0.1, 0.15) is 37.7 Å². The third kappa shape index (κ3) is 2.66. The van der Waals surface area contributed by atoms with Crippen LogP contribution in [0.4, 0.5) is 5.13 Å². The molecule has 96 valence electrons. The molecule has 0 amide bonds. The van der Waals surface area contributed by atoms with E-state index < -0.39 is 0 Å². The molecule has 1 saturated carbocycles. The van der Waals surface area contributed by atoms with Crippen molar-refractivity contribution in [1.29, 1.82) is 0 Å². The van der Waals surface area contributed by atoms with Crippen LogP contribution in [0.5, 0.6) is 0 Å². The highest BCUT2D eigenvalue weighted by molar-refractivity contribution is 7.22. The Balaban J connectivity index is 1.60. The number of nitrogens with zero attached hydrogens (tertiary/aromatic N) is 1. The largest absolute Gasteiger partial charge is 0.361 e. The fraction of sp³-hybridized carbons (Fsp3) is 0.533. The monoisotopic (exact) mass is 260 g/mol. The smallest absolute Gasteiger partial charge is 0.183 e. The maximum atomic E-state index is 4.65. The highest BCUT2D eigenvalue weighted by Gasteiger charge is 2.14. The Morgan fingerprint density at radius 1 is 1.33 bits per heavy atom. The van der Waals surface area contributed by atoms with Gasteiger partial charge in [-0.1, -0.05) is 43.1 Å². The third-order valence-electron chi connectivity index (χ3n) is 3.85. The number of benzene rings is 1. The molecule has 1 N–H and O–H groups in total. The number of anilines is 1. The number of rotatable bonds is 4. The van der Waals surface area contributed by atoms with Gasteiger partial charge in [0.05, 0.1) is 10.2 Å². The molecule has 3 heteroatoms. The third-order valence-corrected chi connectivity index (χ3v) is 4.84. The first-order valence-electron chi connectivity index (χ1n) is 6.92. The number of aromatic nitrogens is 1. The molecule has 0 atom stereocenters. The van der Waals surface area contributed by atoms with Crippen molar-refractivity contribution in [2.75, 3.05) is 11.9 Å². The minimum Gasteiger partial charge on any atom is -0.361 e. The predicted octanol–water partition coefficient (Wildman–Crippen LogP) is 4.60. The van der Waals surface area contributed by atoms with E-state index in [1.807, 2.05) is 0 Å². The van der Waals surface area contributed by atoms with E-state index in [9.17, 15) is 0 Å². The van der Waals surface area contributed by atoms with E-state index in [0.717, 1.165) is 23.1 Å². The van der Waals surface area contributed by atoms with Gasteiger partial charge in [-0.25, -0.2) is 4.98 Å². The molecule has 1 aromatic carbocycles. The van der Waals surface area contributed by atoms with E-state index in [0.29, 0.717) is 0 Å². The molecule has 1 fully saturated rings. The Hall–Kier alpha value is -1.09. The van der Waals surface area contributed by atoms with Gasteiger partial charge in [0.1, 0.15) is 0 Å². The average molecular weight is 260 g/mol. The van der Waals surface area contributed by atoms with Gasteiger partial charge in [0.15, 0.2) is 5.13 Å². The second-order valence-corrected chi connectivity index (χ2v) is 6.39. The maximum Gasteiger partial charge on any atom is 0.183 e. The Kier molecular flexibility index (Phi) is 3.50. The predicted molar refractivity (Wildman–Crippen MR) is 79.4 cm³/mol. The lowest BCUT2D eigenvalue weighted by atomic mass is 10.0. The molecule has 3 rings (SSSR count). The van der Waals surface area contributed by atoms with Gasteiger partial charge in [0.2, 0.25) is 0 Å². The summed E-state index contributed by atoms with van der Waals surface area (Å²) < 4.78 is 1.28. The van der Waals surface area contributed by atoms with Crippen LogP contribution in [0.15, 0.2) is 18.2 Å². The van der Waals surface area contributed by atoms with E-state index in [1.165, 1.54) is 42.4 Å². The van der Waals surface area contributed by atoms with E-state index >= 15 is 0 Å². The van der Waals surface area contributed by atoms with Crippen molar-refractivity contribution < 1.29 is 0 Å². The van der Waals surface area contributed by atoms with Crippen molar-refractivity contribution >= 4 is 26.7 Å². The van der Waals surface area contributed by atoms with E-state index in [4.69, 9.17) is 0 Å². The van der Waals surface area contributed by atoms with Gasteiger partial charge in [-0.15, -0.1) is 0 Å². The summed E-state index contributed by atoms with van der Waals surface area (Å²) in [6.45, 7) is 3.19. The van der Waals surface area contributed by atoms with Crippen LogP contribution in [0.3, 0.4) is 0 Å². The van der Waals surface area contributed by atoms with E-state index in [2.05, 4.69) is 35.4 Å². The topological polar surface area (TPSA) is 24.9 Å². The van der Waals surface area contributed by atoms with Crippen LogP contribution in [-0.4, -0.2) is 11.5 Å². The molecular weight excluding hydrogens is 240 g/mol. The van der Waals surface area contributed by atoms with E-state index in [1.54, 1.807) is 11.3 Å². The van der Waals surface area contributed by atoms with Crippen molar-refractivity contribution in [3.05, 3.63) is 23.8 Å². The van der Waals surface area contributed by atoms with Crippen molar-refractivity contribution in [2.45, 2.75) is 39.0 Å². The zero-order valence-electron chi connectivity index (χ0n) is 10.9. The van der Waals surface area contributed by atoms with E-state index in [-0.39, 0.29) is 0 Å². The summed E-state index contributed by atoms with van der Waals surface area (Å²) in [4.78, 5) is 4.65. The lowest BCUT2D eigenvalue weighted by Crippen LogP contribution is -2.06. The molecule has 18 heavy (non-hydrogen) atoms. The molecule has 1 heterocycles.